The lowest BCUT2D eigenvalue weighted by atomic mass is 9.96. The van der Waals surface area contributed by atoms with Gasteiger partial charge in [0.2, 0.25) is 11.9 Å². The Kier molecular flexibility index (Phi) is 4.61. The molecule has 0 spiro atoms. The minimum absolute atomic E-state index is 0.0388. The van der Waals surface area contributed by atoms with E-state index in [9.17, 15) is 9.59 Å². The smallest absolute Gasteiger partial charge is 0.229 e. The summed E-state index contributed by atoms with van der Waals surface area (Å²) in [4.78, 5) is 38.2. The van der Waals surface area contributed by atoms with Gasteiger partial charge in [-0.05, 0) is 18.9 Å². The number of hydrogen-bond acceptors (Lipinski definition) is 7. The molecule has 0 bridgehead atoms. The van der Waals surface area contributed by atoms with Crippen LogP contribution in [0, 0.1) is 5.92 Å². The monoisotopic (exact) mass is 331 g/mol. The summed E-state index contributed by atoms with van der Waals surface area (Å²) in [5, 5.41) is 4.95. The molecule has 0 aromatic carbocycles. The van der Waals surface area contributed by atoms with Crippen LogP contribution < -0.4 is 10.2 Å². The molecular weight excluding hydrogens is 314 g/mol. The van der Waals surface area contributed by atoms with Crippen molar-refractivity contribution in [2.24, 2.45) is 5.92 Å². The molecular formula is C15H17N5O2S. The Morgan fingerprint density at radius 3 is 2.57 bits per heavy atom. The van der Waals surface area contributed by atoms with Gasteiger partial charge in [-0.15, -0.1) is 11.3 Å². The van der Waals surface area contributed by atoms with Crippen LogP contribution in [0.2, 0.25) is 0 Å². The van der Waals surface area contributed by atoms with Crippen molar-refractivity contribution in [2.45, 2.75) is 19.8 Å². The molecule has 3 rings (SSSR count). The van der Waals surface area contributed by atoms with E-state index in [0.29, 0.717) is 16.8 Å². The van der Waals surface area contributed by atoms with Crippen molar-refractivity contribution >= 4 is 34.1 Å². The highest BCUT2D eigenvalue weighted by atomic mass is 32.1. The molecule has 0 unspecified atom stereocenters. The van der Waals surface area contributed by atoms with Crippen LogP contribution in [-0.4, -0.2) is 39.7 Å². The van der Waals surface area contributed by atoms with E-state index in [2.05, 4.69) is 25.2 Å². The number of nitrogens with one attached hydrogen (secondary N) is 1. The van der Waals surface area contributed by atoms with Crippen molar-refractivity contribution in [2.75, 3.05) is 23.3 Å². The molecule has 0 aliphatic carbocycles. The molecule has 1 aliphatic heterocycles. The van der Waals surface area contributed by atoms with Gasteiger partial charge in [-0.1, -0.05) is 0 Å². The van der Waals surface area contributed by atoms with Crippen LogP contribution in [0.25, 0.3) is 0 Å². The number of carbonyl (C=O) groups is 2. The highest BCUT2D eigenvalue weighted by molar-refractivity contribution is 7.14. The Morgan fingerprint density at radius 1 is 1.26 bits per heavy atom. The van der Waals surface area contributed by atoms with Gasteiger partial charge in [-0.2, -0.15) is 0 Å². The third-order valence-corrected chi connectivity index (χ3v) is 4.55. The molecule has 0 radical (unpaired) electrons. The molecule has 1 amide bonds. The molecule has 7 nitrogen and oxygen atoms in total. The van der Waals surface area contributed by atoms with Crippen LogP contribution >= 0.6 is 11.3 Å². The predicted octanol–water partition coefficient (Wildman–Crippen LogP) is 1.99. The number of rotatable bonds is 4. The summed E-state index contributed by atoms with van der Waals surface area (Å²) in [5.74, 6) is 0.512. The maximum absolute atomic E-state index is 12.3. The fraction of sp³-hybridized carbons (Fsp3) is 0.400. The summed E-state index contributed by atoms with van der Waals surface area (Å²) in [6.45, 7) is 2.96. The molecule has 23 heavy (non-hydrogen) atoms. The van der Waals surface area contributed by atoms with Crippen LogP contribution in [0.3, 0.4) is 0 Å². The Balaban J connectivity index is 1.54. The van der Waals surface area contributed by atoms with Crippen molar-refractivity contribution in [3.8, 4) is 0 Å². The number of aromatic nitrogens is 3. The first-order valence-corrected chi connectivity index (χ1v) is 8.31. The molecule has 1 fully saturated rings. The average Bonchev–Trinajstić information content (AvgIpc) is 3.04. The Morgan fingerprint density at radius 2 is 1.96 bits per heavy atom. The van der Waals surface area contributed by atoms with Gasteiger partial charge in [0.1, 0.15) is 5.69 Å². The first kappa shape index (κ1) is 15.5. The van der Waals surface area contributed by atoms with E-state index in [4.69, 9.17) is 0 Å². The fourth-order valence-corrected chi connectivity index (χ4v) is 3.25. The van der Waals surface area contributed by atoms with E-state index in [-0.39, 0.29) is 17.6 Å². The van der Waals surface area contributed by atoms with E-state index < -0.39 is 0 Å². The lowest BCUT2D eigenvalue weighted by Crippen LogP contribution is -2.39. The van der Waals surface area contributed by atoms with E-state index in [1.807, 2.05) is 0 Å². The van der Waals surface area contributed by atoms with Gasteiger partial charge < -0.3 is 10.2 Å². The third kappa shape index (κ3) is 3.70. The summed E-state index contributed by atoms with van der Waals surface area (Å²) >= 11 is 1.27. The standard InChI is InChI=1S/C15H17N5O2S/c1-10(21)12-9-23-15(18-12)19-13(22)11-3-7-20(8-4-11)14-16-5-2-6-17-14/h2,5-6,9,11H,3-4,7-8H2,1H3,(H,18,19,22). The van der Waals surface area contributed by atoms with Gasteiger partial charge in [0.15, 0.2) is 10.9 Å². The quantitative estimate of drug-likeness (QED) is 0.862. The van der Waals surface area contributed by atoms with E-state index in [1.165, 1.54) is 18.3 Å². The number of piperidine rings is 1. The maximum Gasteiger partial charge on any atom is 0.229 e. The van der Waals surface area contributed by atoms with E-state index >= 15 is 0 Å². The normalized spacial score (nSPS) is 15.4. The second-order valence-electron chi connectivity index (χ2n) is 5.39. The molecule has 120 valence electrons. The highest BCUT2D eigenvalue weighted by Crippen LogP contribution is 2.23. The number of thiazole rings is 1. The first-order chi connectivity index (χ1) is 11.1. The molecule has 3 heterocycles. The van der Waals surface area contributed by atoms with Crippen molar-refractivity contribution < 1.29 is 9.59 Å². The van der Waals surface area contributed by atoms with Gasteiger partial charge in [-0.25, -0.2) is 15.0 Å². The number of anilines is 2. The lowest BCUT2D eigenvalue weighted by Gasteiger charge is -2.30. The van der Waals surface area contributed by atoms with Crippen molar-refractivity contribution in [3.63, 3.8) is 0 Å². The minimum Gasteiger partial charge on any atom is -0.341 e. The van der Waals surface area contributed by atoms with Crippen LogP contribution in [-0.2, 0) is 4.79 Å². The van der Waals surface area contributed by atoms with Gasteiger partial charge in [0.25, 0.3) is 0 Å². The summed E-state index contributed by atoms with van der Waals surface area (Å²) in [7, 11) is 0. The second kappa shape index (κ2) is 6.82. The average molecular weight is 331 g/mol. The number of nitrogens with zero attached hydrogens (tertiary/aromatic N) is 4. The molecule has 1 aliphatic rings. The predicted molar refractivity (Wildman–Crippen MR) is 87.7 cm³/mol. The summed E-state index contributed by atoms with van der Waals surface area (Å²) in [5.41, 5.74) is 0.390. The molecule has 2 aromatic rings. The number of ketones is 1. The number of carbonyl (C=O) groups excluding carboxylic acids is 2. The third-order valence-electron chi connectivity index (χ3n) is 3.80. The second-order valence-corrected chi connectivity index (χ2v) is 6.25. The number of Topliss-reactive ketones (excluding diaryl/α,β-unsaturated/α-hetero) is 1. The van der Waals surface area contributed by atoms with Crippen molar-refractivity contribution in [1.29, 1.82) is 0 Å². The highest BCUT2D eigenvalue weighted by Gasteiger charge is 2.26. The zero-order valence-corrected chi connectivity index (χ0v) is 13.5. The Labute approximate surface area is 137 Å². The molecule has 8 heteroatoms. The molecule has 0 atom stereocenters. The topological polar surface area (TPSA) is 88.1 Å². The molecule has 1 saturated heterocycles. The van der Waals surface area contributed by atoms with E-state index in [0.717, 1.165) is 25.9 Å². The zero-order valence-electron chi connectivity index (χ0n) is 12.7. The zero-order chi connectivity index (χ0) is 16.2. The first-order valence-electron chi connectivity index (χ1n) is 7.43. The van der Waals surface area contributed by atoms with Gasteiger partial charge in [0.05, 0.1) is 0 Å². The van der Waals surface area contributed by atoms with Crippen molar-refractivity contribution in [1.82, 2.24) is 15.0 Å². The maximum atomic E-state index is 12.3. The largest absolute Gasteiger partial charge is 0.341 e. The fourth-order valence-electron chi connectivity index (χ4n) is 2.50. The van der Waals surface area contributed by atoms with Gasteiger partial charge in [-0.3, -0.25) is 9.59 Å². The Bertz CT molecular complexity index is 695. The van der Waals surface area contributed by atoms with Crippen molar-refractivity contribution in [3.05, 3.63) is 29.5 Å². The number of hydrogen-bond donors (Lipinski definition) is 1. The molecule has 1 N–H and O–H groups in total. The summed E-state index contributed by atoms with van der Waals surface area (Å²) in [6, 6.07) is 1.78. The van der Waals surface area contributed by atoms with Crippen LogP contribution in [0.5, 0.6) is 0 Å². The number of amides is 1. The minimum atomic E-state index is -0.0991. The molecule has 2 aromatic heterocycles. The van der Waals surface area contributed by atoms with E-state index in [1.54, 1.807) is 23.8 Å². The summed E-state index contributed by atoms with van der Waals surface area (Å²) in [6.07, 6.45) is 4.93. The van der Waals surface area contributed by atoms with Gasteiger partial charge in [0, 0.05) is 43.7 Å². The summed E-state index contributed by atoms with van der Waals surface area (Å²) < 4.78 is 0. The SMILES string of the molecule is CC(=O)c1csc(NC(=O)C2CCN(c3ncccn3)CC2)n1. The molecule has 0 saturated carbocycles. The van der Waals surface area contributed by atoms with Crippen LogP contribution in [0.1, 0.15) is 30.3 Å². The lowest BCUT2D eigenvalue weighted by molar-refractivity contribution is -0.120. The van der Waals surface area contributed by atoms with Gasteiger partial charge >= 0.3 is 0 Å². The van der Waals surface area contributed by atoms with Crippen LogP contribution in [0.15, 0.2) is 23.8 Å². The van der Waals surface area contributed by atoms with Crippen LogP contribution in [0.4, 0.5) is 11.1 Å². The Hall–Kier alpha value is -2.35.